The summed E-state index contributed by atoms with van der Waals surface area (Å²) in [6, 6.07) is 5.65. The molecule has 46 heavy (non-hydrogen) atoms. The highest BCUT2D eigenvalue weighted by molar-refractivity contribution is 6.37. The number of urea groups is 1. The predicted molar refractivity (Wildman–Crippen MR) is 167 cm³/mol. The van der Waals surface area contributed by atoms with Gasteiger partial charge in [-0.2, -0.15) is 9.97 Å². The molecule has 1 unspecified atom stereocenters. The number of halogens is 3. The minimum absolute atomic E-state index is 0.0238. The number of piperidine rings is 1. The number of phenols is 1. The zero-order chi connectivity index (χ0) is 31.8. The van der Waals surface area contributed by atoms with Crippen LogP contribution < -0.4 is 25.2 Å². The Morgan fingerprint density at radius 1 is 1.11 bits per heavy atom. The molecule has 2 aromatic carbocycles. The predicted octanol–water partition coefficient (Wildman–Crippen LogP) is 3.82. The molecular weight excluding hydrogens is 620 g/mol. The number of amides is 3. The Balaban J connectivity index is 1.17. The van der Waals surface area contributed by atoms with Crippen LogP contribution in [-0.2, 0) is 17.8 Å². The van der Waals surface area contributed by atoms with Gasteiger partial charge in [-0.15, -0.1) is 0 Å². The number of anilines is 2. The van der Waals surface area contributed by atoms with Gasteiger partial charge in [0.1, 0.15) is 35.7 Å². The largest absolute Gasteiger partial charge is 0.508 e. The summed E-state index contributed by atoms with van der Waals surface area (Å²) in [5.74, 6) is -0.242. The van der Waals surface area contributed by atoms with E-state index in [-0.39, 0.29) is 35.8 Å². The van der Waals surface area contributed by atoms with Crippen LogP contribution in [0.1, 0.15) is 43.4 Å². The molecule has 3 N–H and O–H groups in total. The summed E-state index contributed by atoms with van der Waals surface area (Å²) < 4.78 is 35.4. The van der Waals surface area contributed by atoms with E-state index in [1.807, 2.05) is 9.80 Å². The maximum Gasteiger partial charge on any atom is 0.322 e. The van der Waals surface area contributed by atoms with E-state index in [1.165, 1.54) is 6.07 Å². The second-order valence-electron chi connectivity index (χ2n) is 13.2. The van der Waals surface area contributed by atoms with Gasteiger partial charge in [-0.3, -0.25) is 15.0 Å². The van der Waals surface area contributed by atoms with Crippen LogP contribution in [0.3, 0.4) is 0 Å². The Bertz CT molecular complexity index is 1780. The van der Waals surface area contributed by atoms with Crippen molar-refractivity contribution in [1.29, 1.82) is 0 Å². The van der Waals surface area contributed by atoms with Gasteiger partial charge in [-0.25, -0.2) is 13.6 Å². The molecule has 0 radical (unpaired) electrons. The topological polar surface area (TPSA) is 123 Å². The smallest absolute Gasteiger partial charge is 0.322 e. The first-order valence-corrected chi connectivity index (χ1v) is 16.2. The van der Waals surface area contributed by atoms with Crippen molar-refractivity contribution in [2.45, 2.75) is 62.3 Å². The molecule has 242 valence electrons. The SMILES string of the molecule is O=C1NC(=O)C2(CCCN(c3nc(OC[C@@]45CCCN4C[C@H](F)C5)nc4c3CCN(c3cc(O)cc5ccc(F)c(Cl)c35)C4)C2)N1. The maximum atomic E-state index is 14.6. The van der Waals surface area contributed by atoms with E-state index in [9.17, 15) is 23.5 Å². The fourth-order valence-electron chi connectivity index (χ4n) is 8.23. The highest BCUT2D eigenvalue weighted by Crippen LogP contribution is 2.42. The van der Waals surface area contributed by atoms with Gasteiger partial charge in [0.05, 0.1) is 35.0 Å². The molecule has 1 spiro atoms. The van der Waals surface area contributed by atoms with Crippen LogP contribution in [0.4, 0.5) is 25.1 Å². The van der Waals surface area contributed by atoms with Crippen molar-refractivity contribution in [3.8, 4) is 11.8 Å². The third kappa shape index (κ3) is 4.77. The summed E-state index contributed by atoms with van der Waals surface area (Å²) in [6.07, 6.45) is 3.00. The van der Waals surface area contributed by atoms with Crippen LogP contribution in [0, 0.1) is 5.82 Å². The van der Waals surface area contributed by atoms with Crippen molar-refractivity contribution in [3.05, 3.63) is 46.4 Å². The summed E-state index contributed by atoms with van der Waals surface area (Å²) in [7, 11) is 0. The van der Waals surface area contributed by atoms with Crippen LogP contribution in [0.5, 0.6) is 11.8 Å². The van der Waals surface area contributed by atoms with Crippen molar-refractivity contribution >= 4 is 45.8 Å². The number of rotatable bonds is 5. The summed E-state index contributed by atoms with van der Waals surface area (Å²) in [5.41, 5.74) is 0.700. The lowest BCUT2D eigenvalue weighted by Gasteiger charge is -2.40. The highest BCUT2D eigenvalue weighted by atomic mass is 35.5. The van der Waals surface area contributed by atoms with Gasteiger partial charge >= 0.3 is 12.0 Å². The quantitative estimate of drug-likeness (QED) is 0.353. The fraction of sp³-hybridized carbons (Fsp3) is 0.500. The van der Waals surface area contributed by atoms with Crippen LogP contribution in [0.15, 0.2) is 24.3 Å². The first-order chi connectivity index (χ1) is 22.1. The molecule has 14 heteroatoms. The number of carbonyl (C=O) groups is 2. The number of benzene rings is 2. The van der Waals surface area contributed by atoms with Gasteiger partial charge in [-0.1, -0.05) is 17.7 Å². The normalized spacial score (nSPS) is 27.7. The number of imide groups is 1. The van der Waals surface area contributed by atoms with E-state index in [0.29, 0.717) is 79.8 Å². The van der Waals surface area contributed by atoms with Gasteiger partial charge < -0.3 is 25.0 Å². The Kier molecular flexibility index (Phi) is 6.91. The van der Waals surface area contributed by atoms with E-state index < -0.39 is 29.1 Å². The van der Waals surface area contributed by atoms with Crippen LogP contribution in [0.2, 0.25) is 5.02 Å². The number of alkyl halides is 1. The summed E-state index contributed by atoms with van der Waals surface area (Å²) in [4.78, 5) is 40.9. The number of aromatic nitrogens is 2. The van der Waals surface area contributed by atoms with Crippen molar-refractivity contribution in [2.75, 3.05) is 49.1 Å². The van der Waals surface area contributed by atoms with E-state index in [1.54, 1.807) is 18.2 Å². The number of fused-ring (bicyclic) bond motifs is 3. The molecule has 3 amide bonds. The number of ether oxygens (including phenoxy) is 1. The third-order valence-electron chi connectivity index (χ3n) is 10.4. The number of hydrogen-bond donors (Lipinski definition) is 3. The molecule has 3 aromatic rings. The number of nitrogens with zero attached hydrogens (tertiary/aromatic N) is 5. The number of aromatic hydroxyl groups is 1. The van der Waals surface area contributed by atoms with E-state index in [0.717, 1.165) is 24.9 Å². The second-order valence-corrected chi connectivity index (χ2v) is 13.6. The summed E-state index contributed by atoms with van der Waals surface area (Å²) in [5, 5.41) is 16.8. The molecule has 4 fully saturated rings. The molecule has 5 aliphatic heterocycles. The number of carbonyl (C=O) groups excluding carboxylic acids is 2. The second kappa shape index (κ2) is 10.8. The highest BCUT2D eigenvalue weighted by Gasteiger charge is 2.51. The monoisotopic (exact) mass is 653 g/mol. The first kappa shape index (κ1) is 29.4. The minimum Gasteiger partial charge on any atom is -0.508 e. The maximum absolute atomic E-state index is 14.6. The number of nitrogens with one attached hydrogen (secondary N) is 2. The van der Waals surface area contributed by atoms with Gasteiger partial charge in [0.25, 0.3) is 5.91 Å². The number of hydrogen-bond acceptors (Lipinski definition) is 9. The fourth-order valence-corrected chi connectivity index (χ4v) is 8.50. The average Bonchev–Trinajstić information content (AvgIpc) is 3.65. The molecule has 5 aliphatic rings. The van der Waals surface area contributed by atoms with Gasteiger partial charge in [0.2, 0.25) is 0 Å². The van der Waals surface area contributed by atoms with Crippen LogP contribution >= 0.6 is 11.6 Å². The van der Waals surface area contributed by atoms with Crippen molar-refractivity contribution in [2.24, 2.45) is 0 Å². The lowest BCUT2D eigenvalue weighted by Crippen LogP contribution is -2.59. The molecule has 6 heterocycles. The van der Waals surface area contributed by atoms with Crippen molar-refractivity contribution in [1.82, 2.24) is 25.5 Å². The molecule has 0 aliphatic carbocycles. The Hall–Kier alpha value is -3.97. The molecule has 1 aromatic heterocycles. The van der Waals surface area contributed by atoms with Crippen molar-refractivity contribution < 1.29 is 28.2 Å². The molecule has 0 bridgehead atoms. The molecule has 3 atom stereocenters. The number of phenolic OH excluding ortho intramolecular Hbond substituents is 1. The van der Waals surface area contributed by atoms with Gasteiger partial charge in [-0.05, 0) is 56.2 Å². The third-order valence-corrected chi connectivity index (χ3v) is 10.7. The summed E-state index contributed by atoms with van der Waals surface area (Å²) in [6.45, 7) is 3.14. The van der Waals surface area contributed by atoms with E-state index in [4.69, 9.17) is 26.3 Å². The lowest BCUT2D eigenvalue weighted by atomic mass is 9.88. The zero-order valence-electron chi connectivity index (χ0n) is 25.1. The molecule has 4 saturated heterocycles. The van der Waals surface area contributed by atoms with Gasteiger partial charge in [0, 0.05) is 43.1 Å². The Morgan fingerprint density at radius 3 is 2.78 bits per heavy atom. The molecule has 0 saturated carbocycles. The van der Waals surface area contributed by atoms with Crippen molar-refractivity contribution in [3.63, 3.8) is 0 Å². The molecule has 11 nitrogen and oxygen atoms in total. The lowest BCUT2D eigenvalue weighted by molar-refractivity contribution is -0.124. The van der Waals surface area contributed by atoms with E-state index in [2.05, 4.69) is 15.5 Å². The standard InChI is InChI=1S/C32H34ClF2N7O4/c33-26-22(35)4-3-18-11-20(43)12-24(25(18)26)40-10-5-21-23(15-40)36-30(46-17-31-6-1-9-42(31)14-19(34)13-31)37-27(21)41-8-2-7-32(16-41)28(44)38-29(45)39-32/h3-4,11-12,19,43H,1-2,5-10,13-17H2,(H2,38,39,44,45)/t19-,31+,32?/m1/s1. The van der Waals surface area contributed by atoms with E-state index >= 15 is 0 Å². The minimum atomic E-state index is -1.06. The van der Waals surface area contributed by atoms with Gasteiger partial charge in [0.15, 0.2) is 0 Å². The molecular formula is C32H34ClF2N7O4. The molecule has 8 rings (SSSR count). The zero-order valence-corrected chi connectivity index (χ0v) is 25.9. The first-order valence-electron chi connectivity index (χ1n) is 15.8. The summed E-state index contributed by atoms with van der Waals surface area (Å²) >= 11 is 6.46. The Morgan fingerprint density at radius 2 is 1.96 bits per heavy atom. The Labute approximate surface area is 268 Å². The average molecular weight is 654 g/mol. The van der Waals surface area contributed by atoms with Crippen LogP contribution in [0.25, 0.3) is 10.8 Å². The van der Waals surface area contributed by atoms with Crippen LogP contribution in [-0.4, -0.2) is 88.5 Å².